The number of carbonyl (C=O) groups excluding carboxylic acids is 2. The van der Waals surface area contributed by atoms with Gasteiger partial charge in [-0.15, -0.1) is 22.7 Å². The zero-order chi connectivity index (χ0) is 20.4. The van der Waals surface area contributed by atoms with Crippen molar-refractivity contribution < 1.29 is 9.59 Å². The van der Waals surface area contributed by atoms with Crippen LogP contribution in [0.1, 0.15) is 29.1 Å². The van der Waals surface area contributed by atoms with Gasteiger partial charge >= 0.3 is 0 Å². The number of benzene rings is 1. The van der Waals surface area contributed by atoms with Crippen LogP contribution in [-0.2, 0) is 10.2 Å². The number of carbonyl (C=O) groups is 2. The van der Waals surface area contributed by atoms with Crippen molar-refractivity contribution in [3.8, 4) is 9.88 Å². The molecule has 1 fully saturated rings. The second-order valence-electron chi connectivity index (χ2n) is 7.58. The van der Waals surface area contributed by atoms with E-state index in [1.807, 2.05) is 71.5 Å². The highest BCUT2D eigenvalue weighted by Gasteiger charge is 2.35. The maximum absolute atomic E-state index is 13.1. The van der Waals surface area contributed by atoms with E-state index in [-0.39, 0.29) is 11.8 Å². The summed E-state index contributed by atoms with van der Waals surface area (Å²) in [5.74, 6) is 0.105. The number of hydrogen-bond donors (Lipinski definition) is 0. The van der Waals surface area contributed by atoms with E-state index in [2.05, 4.69) is 4.98 Å². The average Bonchev–Trinajstić information content (AvgIpc) is 3.45. The second kappa shape index (κ2) is 8.08. The van der Waals surface area contributed by atoms with Crippen LogP contribution in [0.4, 0.5) is 0 Å². The van der Waals surface area contributed by atoms with Gasteiger partial charge in [-0.2, -0.15) is 0 Å². The Morgan fingerprint density at radius 3 is 2.31 bits per heavy atom. The largest absolute Gasteiger partial charge is 0.338 e. The van der Waals surface area contributed by atoms with Crippen LogP contribution in [0.2, 0.25) is 0 Å². The number of aromatic nitrogens is 1. The monoisotopic (exact) mass is 425 g/mol. The molecule has 2 aromatic heterocycles. The van der Waals surface area contributed by atoms with Gasteiger partial charge in [-0.25, -0.2) is 4.98 Å². The molecule has 1 saturated heterocycles. The number of amides is 2. The van der Waals surface area contributed by atoms with E-state index >= 15 is 0 Å². The summed E-state index contributed by atoms with van der Waals surface area (Å²) in [5.41, 5.74) is 0.426. The quantitative estimate of drug-likeness (QED) is 0.631. The lowest BCUT2D eigenvalue weighted by Gasteiger charge is -2.38. The van der Waals surface area contributed by atoms with Gasteiger partial charge in [-0.05, 0) is 30.9 Å². The number of piperazine rings is 1. The normalized spacial score (nSPS) is 14.8. The fourth-order valence-corrected chi connectivity index (χ4v) is 5.22. The summed E-state index contributed by atoms with van der Waals surface area (Å²) in [5, 5.41) is 2.88. The molecule has 7 heteroatoms. The predicted molar refractivity (Wildman–Crippen MR) is 117 cm³/mol. The molecule has 1 aliphatic heterocycles. The van der Waals surface area contributed by atoms with E-state index in [9.17, 15) is 9.59 Å². The molecular weight excluding hydrogens is 402 g/mol. The average molecular weight is 426 g/mol. The van der Waals surface area contributed by atoms with E-state index in [4.69, 9.17) is 0 Å². The number of thiophene rings is 1. The minimum atomic E-state index is -0.583. The van der Waals surface area contributed by atoms with Gasteiger partial charge in [0.15, 0.2) is 0 Å². The van der Waals surface area contributed by atoms with Crippen molar-refractivity contribution in [2.75, 3.05) is 26.2 Å². The van der Waals surface area contributed by atoms with Crippen LogP contribution in [-0.4, -0.2) is 52.8 Å². The lowest BCUT2D eigenvalue weighted by Crippen LogP contribution is -2.54. The highest BCUT2D eigenvalue weighted by molar-refractivity contribution is 7.21. The molecule has 5 nitrogen and oxygen atoms in total. The highest BCUT2D eigenvalue weighted by Crippen LogP contribution is 2.30. The molecule has 0 N–H and O–H groups in total. The molecule has 0 radical (unpaired) electrons. The Bertz CT molecular complexity index is 988. The molecule has 0 spiro atoms. The topological polar surface area (TPSA) is 53.5 Å². The summed E-state index contributed by atoms with van der Waals surface area (Å²) < 4.78 is 0. The molecule has 1 aliphatic rings. The van der Waals surface area contributed by atoms with Crippen LogP contribution >= 0.6 is 22.7 Å². The third kappa shape index (κ3) is 3.97. The minimum absolute atomic E-state index is 0.000255. The van der Waals surface area contributed by atoms with Gasteiger partial charge in [0.2, 0.25) is 5.91 Å². The summed E-state index contributed by atoms with van der Waals surface area (Å²) >= 11 is 3.05. The van der Waals surface area contributed by atoms with Crippen molar-refractivity contribution in [2.45, 2.75) is 19.3 Å². The molecule has 0 bridgehead atoms. The predicted octanol–water partition coefficient (Wildman–Crippen LogP) is 4.13. The van der Waals surface area contributed by atoms with E-state index in [0.717, 1.165) is 15.4 Å². The molecule has 3 heterocycles. The van der Waals surface area contributed by atoms with Crippen LogP contribution in [0.25, 0.3) is 9.88 Å². The van der Waals surface area contributed by atoms with Crippen LogP contribution in [0.5, 0.6) is 0 Å². The van der Waals surface area contributed by atoms with Crippen molar-refractivity contribution >= 4 is 34.5 Å². The Morgan fingerprint density at radius 2 is 1.66 bits per heavy atom. The van der Waals surface area contributed by atoms with Crippen molar-refractivity contribution in [1.82, 2.24) is 14.8 Å². The standard InChI is InChI=1S/C22H23N3O2S2/c1-22(2,16-7-4-3-5-8-16)21(27)25-12-10-24(11-13-25)20(26)18-15-23-19(29-18)17-9-6-14-28-17/h3-9,14-15H,10-13H2,1-2H3. The summed E-state index contributed by atoms with van der Waals surface area (Å²) in [4.78, 5) is 35.8. The molecule has 1 aromatic carbocycles. The van der Waals surface area contributed by atoms with Crippen LogP contribution in [0.15, 0.2) is 54.0 Å². The van der Waals surface area contributed by atoms with E-state index in [1.165, 1.54) is 11.3 Å². The number of hydrogen-bond acceptors (Lipinski definition) is 5. The number of thiazole rings is 1. The summed E-state index contributed by atoms with van der Waals surface area (Å²) in [6.45, 7) is 6.12. The summed E-state index contributed by atoms with van der Waals surface area (Å²) in [6.07, 6.45) is 1.66. The van der Waals surface area contributed by atoms with Crippen LogP contribution in [0.3, 0.4) is 0 Å². The Hall–Kier alpha value is -2.51. The number of nitrogens with zero attached hydrogens (tertiary/aromatic N) is 3. The molecule has 0 unspecified atom stereocenters. The molecule has 3 aromatic rings. The summed E-state index contributed by atoms with van der Waals surface area (Å²) in [6, 6.07) is 13.9. The molecule has 2 amide bonds. The highest BCUT2D eigenvalue weighted by atomic mass is 32.1. The third-order valence-electron chi connectivity index (χ3n) is 5.33. The maximum atomic E-state index is 13.1. The molecule has 0 aliphatic carbocycles. The van der Waals surface area contributed by atoms with Gasteiger partial charge in [0.25, 0.3) is 5.91 Å². The van der Waals surface area contributed by atoms with Crippen LogP contribution < -0.4 is 0 Å². The van der Waals surface area contributed by atoms with Crippen molar-refractivity contribution in [3.63, 3.8) is 0 Å². The Labute approximate surface area is 178 Å². The second-order valence-corrected chi connectivity index (χ2v) is 9.56. The molecule has 29 heavy (non-hydrogen) atoms. The van der Waals surface area contributed by atoms with Crippen molar-refractivity contribution in [2.24, 2.45) is 0 Å². The molecular formula is C22H23N3O2S2. The molecule has 0 atom stereocenters. The van der Waals surface area contributed by atoms with Gasteiger partial charge in [0.05, 0.1) is 16.5 Å². The first kappa shape index (κ1) is 19.8. The van der Waals surface area contributed by atoms with Gasteiger partial charge < -0.3 is 9.80 Å². The summed E-state index contributed by atoms with van der Waals surface area (Å²) in [7, 11) is 0. The first-order valence-corrected chi connectivity index (χ1v) is 11.3. The molecule has 4 rings (SSSR count). The van der Waals surface area contributed by atoms with Gasteiger partial charge in [-0.1, -0.05) is 36.4 Å². The van der Waals surface area contributed by atoms with Gasteiger partial charge in [0.1, 0.15) is 9.88 Å². The Morgan fingerprint density at radius 1 is 0.966 bits per heavy atom. The fourth-order valence-electron chi connectivity index (χ4n) is 3.53. The van der Waals surface area contributed by atoms with Gasteiger partial charge in [-0.3, -0.25) is 9.59 Å². The van der Waals surface area contributed by atoms with E-state index < -0.39 is 5.41 Å². The first-order valence-electron chi connectivity index (χ1n) is 9.60. The Balaban J connectivity index is 1.39. The Kier molecular flexibility index (Phi) is 5.52. The fraction of sp³-hybridized carbons (Fsp3) is 0.318. The maximum Gasteiger partial charge on any atom is 0.265 e. The first-order chi connectivity index (χ1) is 14.0. The lowest BCUT2D eigenvalue weighted by molar-refractivity contribution is -0.137. The van der Waals surface area contributed by atoms with Gasteiger partial charge in [0, 0.05) is 26.2 Å². The third-order valence-corrected chi connectivity index (χ3v) is 7.36. The van der Waals surface area contributed by atoms with Crippen molar-refractivity contribution in [3.05, 3.63) is 64.5 Å². The zero-order valence-corrected chi connectivity index (χ0v) is 18.1. The van der Waals surface area contributed by atoms with Crippen LogP contribution in [0, 0.1) is 0 Å². The number of rotatable bonds is 4. The minimum Gasteiger partial charge on any atom is -0.338 e. The smallest absolute Gasteiger partial charge is 0.265 e. The molecule has 150 valence electrons. The zero-order valence-electron chi connectivity index (χ0n) is 16.5. The molecule has 0 saturated carbocycles. The SMILES string of the molecule is CC(C)(C(=O)N1CCN(C(=O)c2cnc(-c3cccs3)s2)CC1)c1ccccc1. The lowest BCUT2D eigenvalue weighted by atomic mass is 9.83. The van der Waals surface area contributed by atoms with Crippen molar-refractivity contribution in [1.29, 1.82) is 0 Å². The van der Waals surface area contributed by atoms with E-state index in [0.29, 0.717) is 31.1 Å². The van der Waals surface area contributed by atoms with E-state index in [1.54, 1.807) is 17.5 Å².